The highest BCUT2D eigenvalue weighted by atomic mass is 16.3. The number of imidazole rings is 1. The van der Waals surface area contributed by atoms with Crippen LogP contribution in [0.4, 0.5) is 5.95 Å². The highest BCUT2D eigenvalue weighted by molar-refractivity contribution is 5.69. The first-order chi connectivity index (χ1) is 8.20. The number of fused-ring (bicyclic) bond motifs is 1. The Balaban J connectivity index is 2.06. The zero-order valence-corrected chi connectivity index (χ0v) is 9.53. The van der Waals surface area contributed by atoms with Crippen LogP contribution < -0.4 is 10.9 Å². The molecule has 0 aliphatic carbocycles. The van der Waals surface area contributed by atoms with Gasteiger partial charge in [0.05, 0.1) is 6.33 Å². The molecule has 0 aliphatic heterocycles. The molecule has 0 spiro atoms. The van der Waals surface area contributed by atoms with Crippen LogP contribution in [-0.2, 0) is 0 Å². The molecule has 7 nitrogen and oxygen atoms in total. The molecule has 0 saturated heterocycles. The van der Waals surface area contributed by atoms with E-state index in [0.29, 0.717) is 23.7 Å². The van der Waals surface area contributed by atoms with Crippen molar-refractivity contribution < 1.29 is 5.11 Å². The van der Waals surface area contributed by atoms with Crippen molar-refractivity contribution in [3.8, 4) is 0 Å². The molecule has 0 fully saturated rings. The molecule has 0 bridgehead atoms. The summed E-state index contributed by atoms with van der Waals surface area (Å²) in [6, 6.07) is 0. The SMILES string of the molecule is CC(CO)CCNc1nc2nc[nH]c2c(=O)[nH]1. The molecule has 0 amide bonds. The summed E-state index contributed by atoms with van der Waals surface area (Å²) >= 11 is 0. The summed E-state index contributed by atoms with van der Waals surface area (Å²) in [6.45, 7) is 2.75. The van der Waals surface area contributed by atoms with E-state index in [1.165, 1.54) is 6.33 Å². The maximum Gasteiger partial charge on any atom is 0.278 e. The average Bonchev–Trinajstić information content (AvgIpc) is 2.77. The summed E-state index contributed by atoms with van der Waals surface area (Å²) in [7, 11) is 0. The van der Waals surface area contributed by atoms with Crippen LogP contribution in [0.3, 0.4) is 0 Å². The van der Waals surface area contributed by atoms with Crippen molar-refractivity contribution in [1.82, 2.24) is 19.9 Å². The second-order valence-corrected chi connectivity index (χ2v) is 4.02. The number of aliphatic hydroxyl groups excluding tert-OH is 1. The Labute approximate surface area is 97.3 Å². The van der Waals surface area contributed by atoms with Crippen LogP contribution in [0, 0.1) is 5.92 Å². The lowest BCUT2D eigenvalue weighted by Crippen LogP contribution is -2.15. The third-order valence-corrected chi connectivity index (χ3v) is 2.54. The van der Waals surface area contributed by atoms with Gasteiger partial charge in [-0.15, -0.1) is 0 Å². The van der Waals surface area contributed by atoms with E-state index in [1.54, 1.807) is 0 Å². The minimum absolute atomic E-state index is 0.157. The van der Waals surface area contributed by atoms with Gasteiger partial charge in [0.2, 0.25) is 5.95 Å². The highest BCUT2D eigenvalue weighted by Gasteiger charge is 2.05. The zero-order valence-electron chi connectivity index (χ0n) is 9.53. The summed E-state index contributed by atoms with van der Waals surface area (Å²) in [5, 5.41) is 11.9. The van der Waals surface area contributed by atoms with Gasteiger partial charge in [0.15, 0.2) is 11.2 Å². The van der Waals surface area contributed by atoms with Crippen LogP contribution >= 0.6 is 0 Å². The average molecular weight is 237 g/mol. The molecule has 0 aromatic carbocycles. The Kier molecular flexibility index (Phi) is 3.38. The molecule has 2 aromatic rings. The van der Waals surface area contributed by atoms with Gasteiger partial charge in [-0.2, -0.15) is 4.98 Å². The van der Waals surface area contributed by atoms with Gasteiger partial charge in [-0.05, 0) is 12.3 Å². The molecule has 4 N–H and O–H groups in total. The van der Waals surface area contributed by atoms with Gasteiger partial charge in [0, 0.05) is 13.2 Å². The third kappa shape index (κ3) is 2.62. The van der Waals surface area contributed by atoms with E-state index in [4.69, 9.17) is 5.11 Å². The van der Waals surface area contributed by atoms with Crippen molar-refractivity contribution in [2.24, 2.45) is 5.92 Å². The third-order valence-electron chi connectivity index (χ3n) is 2.54. The van der Waals surface area contributed by atoms with E-state index in [2.05, 4.69) is 25.3 Å². The Morgan fingerprint density at radius 3 is 3.18 bits per heavy atom. The molecule has 0 saturated carbocycles. The standard InChI is InChI=1S/C10H15N5O2/c1-6(4-16)2-3-11-10-14-8-7(9(17)15-10)12-5-13-8/h5-6,16H,2-4H2,1H3,(H3,11,12,13,14,15,17). The number of nitrogens with zero attached hydrogens (tertiary/aromatic N) is 2. The van der Waals surface area contributed by atoms with Gasteiger partial charge in [-0.3, -0.25) is 9.78 Å². The maximum atomic E-state index is 11.6. The van der Waals surface area contributed by atoms with E-state index in [1.807, 2.05) is 6.92 Å². The number of H-pyrrole nitrogens is 2. The summed E-state index contributed by atoms with van der Waals surface area (Å²) in [4.78, 5) is 25.0. The molecule has 92 valence electrons. The number of aromatic nitrogens is 4. The first kappa shape index (κ1) is 11.6. The minimum Gasteiger partial charge on any atom is -0.396 e. The van der Waals surface area contributed by atoms with E-state index in [9.17, 15) is 4.79 Å². The molecule has 1 unspecified atom stereocenters. The van der Waals surface area contributed by atoms with Gasteiger partial charge >= 0.3 is 0 Å². The predicted octanol–water partition coefficient (Wildman–Crippen LogP) is 0.0766. The summed E-state index contributed by atoms with van der Waals surface area (Å²) in [5.74, 6) is 0.628. The first-order valence-electron chi connectivity index (χ1n) is 5.49. The highest BCUT2D eigenvalue weighted by Crippen LogP contribution is 2.04. The Bertz CT molecular complexity index is 547. The van der Waals surface area contributed by atoms with Crippen molar-refractivity contribution in [1.29, 1.82) is 0 Å². The number of nitrogens with one attached hydrogen (secondary N) is 3. The fourth-order valence-electron chi connectivity index (χ4n) is 1.45. The molecule has 2 heterocycles. The zero-order chi connectivity index (χ0) is 12.3. The molecule has 1 atom stereocenters. The molecule has 2 rings (SSSR count). The fourth-order valence-corrected chi connectivity index (χ4v) is 1.45. The largest absolute Gasteiger partial charge is 0.396 e. The summed E-state index contributed by atoms with van der Waals surface area (Å²) in [6.07, 6.45) is 2.24. The summed E-state index contributed by atoms with van der Waals surface area (Å²) in [5.41, 5.74) is 0.524. The molecular formula is C10H15N5O2. The van der Waals surface area contributed by atoms with Gasteiger partial charge in [-0.1, -0.05) is 6.92 Å². The monoisotopic (exact) mass is 237 g/mol. The smallest absolute Gasteiger partial charge is 0.278 e. The topological polar surface area (TPSA) is 107 Å². The van der Waals surface area contributed by atoms with E-state index in [0.717, 1.165) is 6.42 Å². The first-order valence-corrected chi connectivity index (χ1v) is 5.49. The lowest BCUT2D eigenvalue weighted by Gasteiger charge is -2.08. The van der Waals surface area contributed by atoms with Crippen molar-refractivity contribution in [2.75, 3.05) is 18.5 Å². The van der Waals surface area contributed by atoms with Crippen LogP contribution in [0.25, 0.3) is 11.2 Å². The lowest BCUT2D eigenvalue weighted by atomic mass is 10.1. The molecule has 2 aromatic heterocycles. The second-order valence-electron chi connectivity index (χ2n) is 4.02. The van der Waals surface area contributed by atoms with Crippen molar-refractivity contribution >= 4 is 17.1 Å². The Hall–Kier alpha value is -1.89. The van der Waals surface area contributed by atoms with Gasteiger partial charge in [0.25, 0.3) is 5.56 Å². The van der Waals surface area contributed by atoms with Crippen molar-refractivity contribution in [3.63, 3.8) is 0 Å². The number of hydrogen-bond acceptors (Lipinski definition) is 5. The fraction of sp³-hybridized carbons (Fsp3) is 0.500. The van der Waals surface area contributed by atoms with Crippen LogP contribution in [0.5, 0.6) is 0 Å². The van der Waals surface area contributed by atoms with Gasteiger partial charge in [-0.25, -0.2) is 4.98 Å². The Morgan fingerprint density at radius 2 is 2.41 bits per heavy atom. The number of anilines is 1. The maximum absolute atomic E-state index is 11.6. The predicted molar refractivity (Wildman–Crippen MR) is 63.9 cm³/mol. The molecule has 17 heavy (non-hydrogen) atoms. The quantitative estimate of drug-likeness (QED) is 0.589. The minimum atomic E-state index is -0.245. The molecule has 0 aliphatic rings. The number of aliphatic hydroxyl groups is 1. The second kappa shape index (κ2) is 4.96. The van der Waals surface area contributed by atoms with Crippen molar-refractivity contribution in [3.05, 3.63) is 16.7 Å². The van der Waals surface area contributed by atoms with E-state index in [-0.39, 0.29) is 18.1 Å². The molecule has 7 heteroatoms. The number of hydrogen-bond donors (Lipinski definition) is 4. The van der Waals surface area contributed by atoms with Crippen LogP contribution in [-0.4, -0.2) is 38.2 Å². The van der Waals surface area contributed by atoms with E-state index >= 15 is 0 Å². The number of aromatic amines is 2. The lowest BCUT2D eigenvalue weighted by molar-refractivity contribution is 0.233. The van der Waals surface area contributed by atoms with Gasteiger partial charge < -0.3 is 15.4 Å². The van der Waals surface area contributed by atoms with Crippen LogP contribution in [0.2, 0.25) is 0 Å². The Morgan fingerprint density at radius 1 is 1.59 bits per heavy atom. The molecular weight excluding hydrogens is 222 g/mol. The van der Waals surface area contributed by atoms with Gasteiger partial charge in [0.1, 0.15) is 0 Å². The van der Waals surface area contributed by atoms with Crippen molar-refractivity contribution in [2.45, 2.75) is 13.3 Å². The normalized spacial score (nSPS) is 12.8. The summed E-state index contributed by atoms with van der Waals surface area (Å²) < 4.78 is 0. The van der Waals surface area contributed by atoms with E-state index < -0.39 is 0 Å². The van der Waals surface area contributed by atoms with Crippen LogP contribution in [0.1, 0.15) is 13.3 Å². The number of rotatable bonds is 5. The molecule has 0 radical (unpaired) electrons. The van der Waals surface area contributed by atoms with Crippen LogP contribution in [0.15, 0.2) is 11.1 Å².